The maximum absolute atomic E-state index is 2.39. The van der Waals surface area contributed by atoms with Crippen LogP contribution in [0.1, 0.15) is 92.0 Å². The van der Waals surface area contributed by atoms with Crippen molar-refractivity contribution in [2.75, 3.05) is 0 Å². The fraction of sp³-hybridized carbons (Fsp3) is 0.188. The van der Waals surface area contributed by atoms with Crippen molar-refractivity contribution in [3.05, 3.63) is 269 Å². The van der Waals surface area contributed by atoms with E-state index in [0.717, 1.165) is 12.8 Å². The Morgan fingerprint density at radius 1 is 0.406 bits per heavy atom. The average Bonchev–Trinajstić information content (AvgIpc) is 3.33. The van der Waals surface area contributed by atoms with Crippen molar-refractivity contribution < 1.29 is 0 Å². The average molecular weight is 839 g/mol. The number of hydrogen-bond donors (Lipinski definition) is 0. The van der Waals surface area contributed by atoms with Crippen molar-refractivity contribution in [1.82, 2.24) is 0 Å². The van der Waals surface area contributed by atoms with Crippen molar-refractivity contribution in [2.24, 2.45) is 0 Å². The van der Waals surface area contributed by atoms with Gasteiger partial charge in [-0.1, -0.05) is 242 Å². The maximum Gasteiger partial charge on any atom is -0.0149 e. The van der Waals surface area contributed by atoms with E-state index < -0.39 is 0 Å². The van der Waals surface area contributed by atoms with E-state index in [4.69, 9.17) is 0 Å². The molecule has 0 heteroatoms. The van der Waals surface area contributed by atoms with Crippen molar-refractivity contribution >= 4 is 16.7 Å². The molecule has 0 unspecified atom stereocenters. The van der Waals surface area contributed by atoms with Gasteiger partial charge in [0.25, 0.3) is 0 Å². The van der Waals surface area contributed by atoms with E-state index >= 15 is 0 Å². The zero-order chi connectivity index (χ0) is 46.1. The van der Waals surface area contributed by atoms with Crippen LogP contribution < -0.4 is 0 Å². The smallest absolute Gasteiger partial charge is 0.0149 e. The standard InChI is InChI=1S/C29H32.2C13H12.C7H8.C2H6/c1-6-11-25(19-24(7-2)26-14-10-12-21(3)18-26)27-17-16-23(5)29(20-27)28-15-9-8-13-22(28)4;2*1-11-7-9-13(10-8-11)12-5-3-2-4-6-12;1-7-5-3-2-4-6-7;1-2/h6-7,10-20H,8-9H2,1-5H3;2*2-10H,1H3;2-6H,1H3;1-2H3/b11-6-,24-7+,25-19+;;;;. The van der Waals surface area contributed by atoms with Gasteiger partial charge in [-0.25, -0.2) is 0 Å². The van der Waals surface area contributed by atoms with Crippen LogP contribution in [0.2, 0.25) is 0 Å². The quantitative estimate of drug-likeness (QED) is 0.140. The highest BCUT2D eigenvalue weighted by atomic mass is 14.2. The molecular weight excluding hydrogens is 769 g/mol. The molecule has 0 radical (unpaired) electrons. The summed E-state index contributed by atoms with van der Waals surface area (Å²) < 4.78 is 0. The van der Waals surface area contributed by atoms with E-state index in [1.165, 1.54) is 89.1 Å². The number of hydrogen-bond acceptors (Lipinski definition) is 0. The SMILES string of the molecule is CC.C\C=C/C(=C\C(=C/C)c1cccc(C)c1)c1ccc(C)c(C2=CCCC=C2C)c1.Cc1ccc(-c2ccccc2)cc1.Cc1ccc(-c2ccccc2)cc1.Cc1ccccc1. The van der Waals surface area contributed by atoms with E-state index in [1.807, 2.05) is 44.2 Å². The Kier molecular flexibility index (Phi) is 21.3. The maximum atomic E-state index is 2.39. The van der Waals surface area contributed by atoms with Gasteiger partial charge in [-0.3, -0.25) is 0 Å². The second-order valence-corrected chi connectivity index (χ2v) is 15.9. The largest absolute Gasteiger partial charge is 0.0870 e. The molecule has 0 N–H and O–H groups in total. The molecule has 64 heavy (non-hydrogen) atoms. The molecule has 0 bridgehead atoms. The highest BCUT2D eigenvalue weighted by Gasteiger charge is 2.12. The number of rotatable bonds is 7. The van der Waals surface area contributed by atoms with Crippen LogP contribution in [0, 0.1) is 34.6 Å². The molecule has 0 spiro atoms. The summed E-state index contributed by atoms with van der Waals surface area (Å²) in [7, 11) is 0. The zero-order valence-electron chi connectivity index (χ0n) is 40.2. The van der Waals surface area contributed by atoms with Gasteiger partial charge in [0.05, 0.1) is 0 Å². The van der Waals surface area contributed by atoms with Gasteiger partial charge in [0.15, 0.2) is 0 Å². The Morgan fingerprint density at radius 3 is 1.31 bits per heavy atom. The van der Waals surface area contributed by atoms with Crippen LogP contribution in [0.15, 0.2) is 224 Å². The molecule has 8 rings (SSSR count). The van der Waals surface area contributed by atoms with Crippen LogP contribution in [-0.4, -0.2) is 0 Å². The predicted octanol–water partition coefficient (Wildman–Crippen LogP) is 18.8. The second-order valence-electron chi connectivity index (χ2n) is 15.9. The highest BCUT2D eigenvalue weighted by Crippen LogP contribution is 2.33. The zero-order valence-corrected chi connectivity index (χ0v) is 40.2. The molecule has 0 saturated carbocycles. The molecule has 1 aliphatic carbocycles. The molecule has 7 aromatic carbocycles. The fourth-order valence-electron chi connectivity index (χ4n) is 7.23. The van der Waals surface area contributed by atoms with Crippen LogP contribution in [0.4, 0.5) is 0 Å². The van der Waals surface area contributed by atoms with Crippen LogP contribution in [-0.2, 0) is 0 Å². The molecule has 0 atom stereocenters. The summed E-state index contributed by atoms with van der Waals surface area (Å²) >= 11 is 0. The van der Waals surface area contributed by atoms with Crippen molar-refractivity contribution in [3.63, 3.8) is 0 Å². The third-order valence-electron chi connectivity index (χ3n) is 10.8. The lowest BCUT2D eigenvalue weighted by molar-refractivity contribution is 1.02. The molecule has 0 nitrogen and oxygen atoms in total. The summed E-state index contributed by atoms with van der Waals surface area (Å²) in [5.74, 6) is 0. The van der Waals surface area contributed by atoms with Gasteiger partial charge < -0.3 is 0 Å². The Hall–Kier alpha value is -6.76. The normalized spacial score (nSPS) is 12.1. The predicted molar refractivity (Wildman–Crippen MR) is 286 cm³/mol. The van der Waals surface area contributed by atoms with E-state index in [0.29, 0.717) is 0 Å². The molecule has 0 aromatic heterocycles. The summed E-state index contributed by atoms with van der Waals surface area (Å²) in [5.41, 5.74) is 20.8. The molecule has 7 aromatic rings. The van der Waals surface area contributed by atoms with Crippen LogP contribution in [0.5, 0.6) is 0 Å². The van der Waals surface area contributed by atoms with Gasteiger partial charge in [0.2, 0.25) is 0 Å². The van der Waals surface area contributed by atoms with Crippen molar-refractivity contribution in [2.45, 2.75) is 82.1 Å². The first-order chi connectivity index (χ1) is 31.1. The molecular formula is C64H70. The monoisotopic (exact) mass is 839 g/mol. The summed E-state index contributed by atoms with van der Waals surface area (Å²) in [6, 6.07) is 63.9. The Balaban J connectivity index is 0.000000211. The van der Waals surface area contributed by atoms with Crippen molar-refractivity contribution in [1.29, 1.82) is 0 Å². The Bertz CT molecular complexity index is 2500. The third kappa shape index (κ3) is 16.2. The number of benzene rings is 7. The number of aryl methyl sites for hydroxylation is 5. The van der Waals surface area contributed by atoms with E-state index in [1.54, 1.807) is 0 Å². The first kappa shape index (κ1) is 49.9. The van der Waals surface area contributed by atoms with Gasteiger partial charge in [-0.05, 0) is 147 Å². The van der Waals surface area contributed by atoms with Crippen LogP contribution >= 0.6 is 0 Å². The summed E-state index contributed by atoms with van der Waals surface area (Å²) in [6.45, 7) is 21.1. The summed E-state index contributed by atoms with van der Waals surface area (Å²) in [4.78, 5) is 0. The molecule has 0 fully saturated rings. The molecule has 0 amide bonds. The second kappa shape index (κ2) is 27.3. The summed E-state index contributed by atoms with van der Waals surface area (Å²) in [5, 5.41) is 0. The van der Waals surface area contributed by atoms with E-state index in [-0.39, 0.29) is 0 Å². The minimum Gasteiger partial charge on any atom is -0.0870 e. The minimum atomic E-state index is 1.13. The first-order valence-electron chi connectivity index (χ1n) is 23.0. The molecule has 326 valence electrons. The number of allylic oxidation sites excluding steroid dienone is 10. The first-order valence-corrected chi connectivity index (χ1v) is 23.0. The van der Waals surface area contributed by atoms with Gasteiger partial charge in [-0.15, -0.1) is 0 Å². The molecule has 0 heterocycles. The van der Waals surface area contributed by atoms with Crippen LogP contribution in [0.25, 0.3) is 39.0 Å². The van der Waals surface area contributed by atoms with Gasteiger partial charge in [-0.2, -0.15) is 0 Å². The van der Waals surface area contributed by atoms with Gasteiger partial charge in [0, 0.05) is 0 Å². The summed E-state index contributed by atoms with van der Waals surface area (Å²) in [6.07, 6.45) is 15.9. The van der Waals surface area contributed by atoms with Crippen LogP contribution in [0.3, 0.4) is 0 Å². The lowest BCUT2D eigenvalue weighted by Crippen LogP contribution is -1.96. The molecule has 0 aliphatic heterocycles. The van der Waals surface area contributed by atoms with Gasteiger partial charge in [0.1, 0.15) is 0 Å². The fourth-order valence-corrected chi connectivity index (χ4v) is 7.23. The highest BCUT2D eigenvalue weighted by molar-refractivity contribution is 5.89. The Labute approximate surface area is 387 Å². The Morgan fingerprint density at radius 2 is 0.859 bits per heavy atom. The van der Waals surface area contributed by atoms with Gasteiger partial charge >= 0.3 is 0 Å². The van der Waals surface area contributed by atoms with E-state index in [9.17, 15) is 0 Å². The lowest BCUT2D eigenvalue weighted by atomic mass is 9.88. The van der Waals surface area contributed by atoms with E-state index in [2.05, 4.69) is 244 Å². The third-order valence-corrected chi connectivity index (χ3v) is 10.8. The molecule has 0 saturated heterocycles. The molecule has 1 aliphatic rings. The minimum absolute atomic E-state index is 1.13. The van der Waals surface area contributed by atoms with Crippen molar-refractivity contribution in [3.8, 4) is 22.3 Å². The topological polar surface area (TPSA) is 0 Å². The lowest BCUT2D eigenvalue weighted by Gasteiger charge is -2.17.